The van der Waals surface area contributed by atoms with E-state index in [0.717, 1.165) is 5.56 Å². The highest BCUT2D eigenvalue weighted by atomic mass is 19.3. The van der Waals surface area contributed by atoms with Gasteiger partial charge in [0.15, 0.2) is 11.4 Å². The van der Waals surface area contributed by atoms with E-state index in [0.29, 0.717) is 23.1 Å². The lowest BCUT2D eigenvalue weighted by Crippen LogP contribution is -2.13. The number of aromatic nitrogens is 4. The molecule has 3 aromatic heterocycles. The molecule has 9 heteroatoms. The van der Waals surface area contributed by atoms with Crippen LogP contribution in [0.25, 0.3) is 17.1 Å². The normalized spacial score (nSPS) is 12.3. The number of carbonyl (C=O) groups is 1. The van der Waals surface area contributed by atoms with Crippen molar-refractivity contribution in [2.24, 2.45) is 5.92 Å². The first-order valence-corrected chi connectivity index (χ1v) is 10.5. The van der Waals surface area contributed by atoms with Crippen molar-refractivity contribution in [1.82, 2.24) is 19.7 Å². The molecule has 0 spiro atoms. The quantitative estimate of drug-likeness (QED) is 0.380. The molecule has 170 valence electrons. The van der Waals surface area contributed by atoms with Crippen LogP contribution in [0.2, 0.25) is 0 Å². The summed E-state index contributed by atoms with van der Waals surface area (Å²) < 4.78 is 33.9. The number of amides is 1. The monoisotopic (exact) mass is 451 g/mol. The largest absolute Gasteiger partial charge is 0.444 e. The number of nitrogens with one attached hydrogen (secondary N) is 1. The third-order valence-electron chi connectivity index (χ3n) is 5.55. The first kappa shape index (κ1) is 22.3. The van der Waals surface area contributed by atoms with Gasteiger partial charge in [-0.1, -0.05) is 32.9 Å². The zero-order chi connectivity index (χ0) is 23.5. The van der Waals surface area contributed by atoms with Crippen molar-refractivity contribution in [1.29, 1.82) is 0 Å². The topological polar surface area (TPSA) is 85.8 Å². The number of pyridine rings is 1. The molecule has 3 heterocycles. The van der Waals surface area contributed by atoms with E-state index in [9.17, 15) is 13.6 Å². The predicted octanol–water partition coefficient (Wildman–Crippen LogP) is 5.87. The van der Waals surface area contributed by atoms with Crippen LogP contribution in [0, 0.1) is 5.92 Å². The number of carbonyl (C=O) groups excluding carboxylic acids is 1. The Hall–Kier alpha value is -3.88. The maximum Gasteiger partial charge on any atom is 0.284 e. The van der Waals surface area contributed by atoms with Crippen molar-refractivity contribution >= 4 is 11.6 Å². The van der Waals surface area contributed by atoms with Gasteiger partial charge in [0, 0.05) is 18.0 Å². The molecule has 0 fully saturated rings. The van der Waals surface area contributed by atoms with E-state index in [-0.39, 0.29) is 17.3 Å². The minimum Gasteiger partial charge on any atom is -0.444 e. The Morgan fingerprint density at radius 2 is 1.76 bits per heavy atom. The summed E-state index contributed by atoms with van der Waals surface area (Å²) in [4.78, 5) is 20.7. The SMILES string of the molecule is CC(C)C(C)c1ccc(-n2cc(NC(=O)c3coc(-c4ccncc4)n3)c(C(F)F)n2)cc1. The van der Waals surface area contributed by atoms with Crippen molar-refractivity contribution in [3.8, 4) is 17.1 Å². The number of anilines is 1. The van der Waals surface area contributed by atoms with Crippen LogP contribution in [0.1, 0.15) is 54.9 Å². The zero-order valence-corrected chi connectivity index (χ0v) is 18.4. The van der Waals surface area contributed by atoms with Gasteiger partial charge in [-0.05, 0) is 41.7 Å². The smallest absolute Gasteiger partial charge is 0.284 e. The molecule has 0 saturated carbocycles. The maximum absolute atomic E-state index is 13.6. The van der Waals surface area contributed by atoms with Crippen LogP contribution in [0.4, 0.5) is 14.5 Å². The van der Waals surface area contributed by atoms with Crippen molar-refractivity contribution in [3.63, 3.8) is 0 Å². The van der Waals surface area contributed by atoms with Crippen molar-refractivity contribution in [2.75, 3.05) is 5.32 Å². The first-order valence-electron chi connectivity index (χ1n) is 10.5. The first-order chi connectivity index (χ1) is 15.8. The van der Waals surface area contributed by atoms with Gasteiger partial charge in [-0.25, -0.2) is 18.4 Å². The number of hydrogen-bond donors (Lipinski definition) is 1. The summed E-state index contributed by atoms with van der Waals surface area (Å²) in [6.45, 7) is 6.43. The third-order valence-corrected chi connectivity index (χ3v) is 5.55. The Kier molecular flexibility index (Phi) is 6.30. The van der Waals surface area contributed by atoms with Crippen LogP contribution in [-0.2, 0) is 0 Å². The summed E-state index contributed by atoms with van der Waals surface area (Å²) in [6, 6.07) is 10.9. The lowest BCUT2D eigenvalue weighted by Gasteiger charge is -2.16. The molecule has 1 unspecified atom stereocenters. The molecule has 1 amide bonds. The third kappa shape index (κ3) is 4.82. The van der Waals surface area contributed by atoms with E-state index in [2.05, 4.69) is 41.2 Å². The molecular formula is C24H23F2N5O2. The van der Waals surface area contributed by atoms with Gasteiger partial charge in [-0.2, -0.15) is 5.10 Å². The van der Waals surface area contributed by atoms with Gasteiger partial charge in [0.2, 0.25) is 5.89 Å². The second kappa shape index (κ2) is 9.32. The van der Waals surface area contributed by atoms with E-state index in [4.69, 9.17) is 4.42 Å². The highest BCUT2D eigenvalue weighted by Crippen LogP contribution is 2.29. The fraction of sp³-hybridized carbons (Fsp3) is 0.250. The number of benzene rings is 1. The molecule has 1 N–H and O–H groups in total. The fourth-order valence-corrected chi connectivity index (χ4v) is 3.28. The second-order valence-electron chi connectivity index (χ2n) is 8.03. The Morgan fingerprint density at radius 1 is 1.06 bits per heavy atom. The molecule has 0 aliphatic heterocycles. The van der Waals surface area contributed by atoms with Crippen LogP contribution in [0.5, 0.6) is 0 Å². The Balaban J connectivity index is 1.56. The van der Waals surface area contributed by atoms with Gasteiger partial charge in [-0.3, -0.25) is 9.78 Å². The second-order valence-corrected chi connectivity index (χ2v) is 8.03. The van der Waals surface area contributed by atoms with E-state index < -0.39 is 18.0 Å². The highest BCUT2D eigenvalue weighted by Gasteiger charge is 2.22. The average molecular weight is 451 g/mol. The Labute approximate surface area is 189 Å². The molecular weight excluding hydrogens is 428 g/mol. The molecule has 0 aliphatic rings. The molecule has 1 aromatic carbocycles. The van der Waals surface area contributed by atoms with Crippen molar-refractivity contribution in [2.45, 2.75) is 33.1 Å². The summed E-state index contributed by atoms with van der Waals surface area (Å²) in [7, 11) is 0. The van der Waals surface area contributed by atoms with Crippen LogP contribution in [-0.4, -0.2) is 25.7 Å². The summed E-state index contributed by atoms with van der Waals surface area (Å²) in [5, 5.41) is 6.46. The number of oxazole rings is 1. The van der Waals surface area contributed by atoms with E-state index >= 15 is 0 Å². The zero-order valence-electron chi connectivity index (χ0n) is 18.4. The summed E-state index contributed by atoms with van der Waals surface area (Å²) in [5.41, 5.74) is 1.74. The maximum atomic E-state index is 13.6. The van der Waals surface area contributed by atoms with E-state index in [1.54, 1.807) is 24.5 Å². The molecule has 4 rings (SSSR count). The molecule has 33 heavy (non-hydrogen) atoms. The van der Waals surface area contributed by atoms with Crippen LogP contribution in [0.3, 0.4) is 0 Å². The van der Waals surface area contributed by atoms with Crippen LogP contribution in [0.15, 0.2) is 65.7 Å². The molecule has 0 saturated heterocycles. The summed E-state index contributed by atoms with van der Waals surface area (Å²) >= 11 is 0. The molecule has 4 aromatic rings. The average Bonchev–Trinajstić information content (AvgIpc) is 3.47. The molecule has 1 atom stereocenters. The van der Waals surface area contributed by atoms with E-state index in [1.807, 2.05) is 24.3 Å². The number of alkyl halides is 2. The number of rotatable bonds is 7. The van der Waals surface area contributed by atoms with Crippen molar-refractivity contribution in [3.05, 3.63) is 78.2 Å². The lowest BCUT2D eigenvalue weighted by molar-refractivity contribution is 0.102. The highest BCUT2D eigenvalue weighted by molar-refractivity contribution is 6.03. The molecule has 0 aliphatic carbocycles. The number of hydrogen-bond acceptors (Lipinski definition) is 5. The molecule has 7 nitrogen and oxygen atoms in total. The van der Waals surface area contributed by atoms with Gasteiger partial charge in [0.1, 0.15) is 6.26 Å². The van der Waals surface area contributed by atoms with Gasteiger partial charge in [-0.15, -0.1) is 0 Å². The minimum absolute atomic E-state index is 0.0400. The minimum atomic E-state index is -2.87. The van der Waals surface area contributed by atoms with Gasteiger partial charge < -0.3 is 9.73 Å². The summed E-state index contributed by atoms with van der Waals surface area (Å²) in [5.74, 6) is 0.385. The Bertz CT molecular complexity index is 1230. The van der Waals surface area contributed by atoms with E-state index in [1.165, 1.54) is 17.1 Å². The fourth-order valence-electron chi connectivity index (χ4n) is 3.28. The van der Waals surface area contributed by atoms with Crippen LogP contribution < -0.4 is 5.32 Å². The number of nitrogens with zero attached hydrogens (tertiary/aromatic N) is 4. The molecule has 0 radical (unpaired) electrons. The standard InChI is InChI=1S/C24H23F2N5O2/c1-14(2)15(3)16-4-6-18(7-5-16)31-12-19(21(30-31)22(25)26)28-23(32)20-13-33-24(29-20)17-8-10-27-11-9-17/h4-15,22H,1-3H3,(H,28,32). The van der Waals surface area contributed by atoms with Crippen LogP contribution >= 0.6 is 0 Å². The summed E-state index contributed by atoms with van der Waals surface area (Å²) in [6.07, 6.45) is 2.81. The van der Waals surface area contributed by atoms with Crippen molar-refractivity contribution < 1.29 is 18.0 Å². The van der Waals surface area contributed by atoms with Gasteiger partial charge in [0.25, 0.3) is 12.3 Å². The van der Waals surface area contributed by atoms with Gasteiger partial charge >= 0.3 is 0 Å². The Morgan fingerprint density at radius 3 is 2.39 bits per heavy atom. The number of halogens is 2. The lowest BCUT2D eigenvalue weighted by atomic mass is 9.90. The van der Waals surface area contributed by atoms with Gasteiger partial charge in [0.05, 0.1) is 17.6 Å². The predicted molar refractivity (Wildman–Crippen MR) is 119 cm³/mol. The molecule has 0 bridgehead atoms.